The van der Waals surface area contributed by atoms with Crippen molar-refractivity contribution >= 4 is 45.9 Å². The second kappa shape index (κ2) is 11.4. The molecule has 2 heterocycles. The summed E-state index contributed by atoms with van der Waals surface area (Å²) in [6, 6.07) is 46.7. The van der Waals surface area contributed by atoms with Crippen LogP contribution in [-0.4, -0.2) is 6.17 Å². The van der Waals surface area contributed by atoms with Gasteiger partial charge in [0.2, 0.25) is 0 Å². The predicted molar refractivity (Wildman–Crippen MR) is 186 cm³/mol. The maximum atomic E-state index is 4.13. The van der Waals surface area contributed by atoms with Gasteiger partial charge in [0.1, 0.15) is 6.17 Å². The van der Waals surface area contributed by atoms with Gasteiger partial charge in [0.15, 0.2) is 0 Å². The Hall–Kier alpha value is -4.15. The molecule has 4 heteroatoms. The highest BCUT2D eigenvalue weighted by Gasteiger charge is 2.51. The van der Waals surface area contributed by atoms with Crippen molar-refractivity contribution in [2.45, 2.75) is 66.8 Å². The van der Waals surface area contributed by atoms with Gasteiger partial charge in [-0.25, -0.2) is 0 Å². The molecule has 1 aliphatic carbocycles. The van der Waals surface area contributed by atoms with Crippen molar-refractivity contribution in [2.24, 2.45) is 5.92 Å². The lowest BCUT2D eigenvalue weighted by Gasteiger charge is -2.56. The SMILES string of the molecule is CCCC12CCCCC1C(N1c3ccccc3Sc3cc(N(c4ccccc4)c4ccccc4)ccc31)Nc1ccccc12. The fourth-order valence-corrected chi connectivity index (χ4v) is 9.42. The molecule has 0 bridgehead atoms. The van der Waals surface area contributed by atoms with Crippen LogP contribution in [0, 0.1) is 5.92 Å². The zero-order valence-electron chi connectivity index (χ0n) is 25.3. The first-order valence-corrected chi connectivity index (χ1v) is 17.0. The molecule has 0 amide bonds. The van der Waals surface area contributed by atoms with E-state index in [0.717, 1.165) is 11.4 Å². The summed E-state index contributed by atoms with van der Waals surface area (Å²) in [5, 5.41) is 4.13. The highest BCUT2D eigenvalue weighted by atomic mass is 32.2. The van der Waals surface area contributed by atoms with Crippen LogP contribution in [0.5, 0.6) is 0 Å². The first-order valence-electron chi connectivity index (χ1n) is 16.2. The minimum atomic E-state index is 0.183. The smallest absolute Gasteiger partial charge is 0.108 e. The highest BCUT2D eigenvalue weighted by Crippen LogP contribution is 2.58. The summed E-state index contributed by atoms with van der Waals surface area (Å²) in [5.74, 6) is 0.528. The Morgan fingerprint density at radius 3 is 2.18 bits per heavy atom. The van der Waals surface area contributed by atoms with E-state index in [1.165, 1.54) is 71.1 Å². The zero-order valence-corrected chi connectivity index (χ0v) is 26.1. The maximum absolute atomic E-state index is 4.13. The molecule has 5 aromatic carbocycles. The van der Waals surface area contributed by atoms with Crippen LogP contribution in [0.1, 0.15) is 51.0 Å². The molecule has 0 radical (unpaired) electrons. The van der Waals surface area contributed by atoms with E-state index in [1.807, 2.05) is 11.8 Å². The van der Waals surface area contributed by atoms with Crippen LogP contribution in [0.25, 0.3) is 0 Å². The fourth-order valence-electron chi connectivity index (χ4n) is 8.31. The van der Waals surface area contributed by atoms with E-state index < -0.39 is 0 Å². The van der Waals surface area contributed by atoms with Crippen LogP contribution < -0.4 is 15.1 Å². The van der Waals surface area contributed by atoms with Gasteiger partial charge in [-0.15, -0.1) is 0 Å². The quantitative estimate of drug-likeness (QED) is 0.211. The standard InChI is InChI=1S/C40H39N3S/c1-2-26-40-27-14-13-20-33(40)39(41-34-21-10-9-19-32(34)40)43-35-22-11-12-23-37(35)44-38-28-31(24-25-36(38)43)42(29-15-5-3-6-16-29)30-17-7-4-8-18-30/h3-12,15-19,21-25,28,33,39,41H,2,13-14,20,26-27H2,1H3. The predicted octanol–water partition coefficient (Wildman–Crippen LogP) is 11.4. The number of hydrogen-bond acceptors (Lipinski definition) is 4. The van der Waals surface area contributed by atoms with Crippen molar-refractivity contribution < 1.29 is 0 Å². The minimum Gasteiger partial charge on any atom is -0.364 e. The summed E-state index contributed by atoms with van der Waals surface area (Å²) >= 11 is 1.90. The molecule has 0 saturated heterocycles. The molecule has 1 saturated carbocycles. The largest absolute Gasteiger partial charge is 0.364 e. The summed E-state index contributed by atoms with van der Waals surface area (Å²) in [6.07, 6.45) is 7.78. The Morgan fingerprint density at radius 1 is 0.727 bits per heavy atom. The van der Waals surface area contributed by atoms with Gasteiger partial charge in [0, 0.05) is 43.9 Å². The van der Waals surface area contributed by atoms with Gasteiger partial charge < -0.3 is 15.1 Å². The van der Waals surface area contributed by atoms with E-state index in [9.17, 15) is 0 Å². The monoisotopic (exact) mass is 593 g/mol. The zero-order chi connectivity index (χ0) is 29.5. The average molecular weight is 594 g/mol. The Kier molecular flexibility index (Phi) is 7.10. The number of rotatable bonds is 6. The van der Waals surface area contributed by atoms with Crippen LogP contribution in [0.15, 0.2) is 137 Å². The second-order valence-corrected chi connectivity index (χ2v) is 13.6. The van der Waals surface area contributed by atoms with Crippen molar-refractivity contribution in [1.82, 2.24) is 0 Å². The van der Waals surface area contributed by atoms with E-state index >= 15 is 0 Å². The first kappa shape index (κ1) is 27.4. The number of nitrogens with one attached hydrogen (secondary N) is 1. The number of hydrogen-bond donors (Lipinski definition) is 1. The van der Waals surface area contributed by atoms with E-state index in [-0.39, 0.29) is 11.6 Å². The molecule has 220 valence electrons. The molecule has 44 heavy (non-hydrogen) atoms. The average Bonchev–Trinajstić information content (AvgIpc) is 3.08. The Morgan fingerprint density at radius 2 is 1.41 bits per heavy atom. The molecule has 3 nitrogen and oxygen atoms in total. The van der Waals surface area contributed by atoms with Crippen LogP contribution in [-0.2, 0) is 5.41 Å². The third kappa shape index (κ3) is 4.50. The van der Waals surface area contributed by atoms with Gasteiger partial charge in [0.05, 0.1) is 11.4 Å². The van der Waals surface area contributed by atoms with Crippen LogP contribution in [0.3, 0.4) is 0 Å². The van der Waals surface area contributed by atoms with E-state index in [0.29, 0.717) is 5.92 Å². The van der Waals surface area contributed by atoms with Crippen LogP contribution >= 0.6 is 11.8 Å². The number of fused-ring (bicyclic) bond motifs is 5. The lowest BCUT2D eigenvalue weighted by atomic mass is 9.57. The van der Waals surface area contributed by atoms with Crippen molar-refractivity contribution in [3.63, 3.8) is 0 Å². The fraction of sp³-hybridized carbons (Fsp3) is 0.250. The number of benzene rings is 5. The van der Waals surface area contributed by atoms with Gasteiger partial charge in [-0.1, -0.05) is 105 Å². The highest BCUT2D eigenvalue weighted by molar-refractivity contribution is 7.99. The summed E-state index contributed by atoms with van der Waals surface area (Å²) in [7, 11) is 0. The van der Waals surface area contributed by atoms with Gasteiger partial charge >= 0.3 is 0 Å². The molecule has 3 atom stereocenters. The number of anilines is 6. The van der Waals surface area contributed by atoms with Gasteiger partial charge in [-0.2, -0.15) is 0 Å². The number of para-hydroxylation sites is 4. The molecule has 5 aromatic rings. The van der Waals surface area contributed by atoms with E-state index in [2.05, 4.69) is 149 Å². The van der Waals surface area contributed by atoms with E-state index in [1.54, 1.807) is 5.56 Å². The summed E-state index contributed by atoms with van der Waals surface area (Å²) in [6.45, 7) is 2.37. The van der Waals surface area contributed by atoms with Crippen molar-refractivity contribution in [3.8, 4) is 0 Å². The van der Waals surface area contributed by atoms with Crippen LogP contribution in [0.4, 0.5) is 34.1 Å². The van der Waals surface area contributed by atoms with E-state index in [4.69, 9.17) is 0 Å². The molecular formula is C40H39N3S. The Labute approximate surface area is 265 Å². The molecular weight excluding hydrogens is 555 g/mol. The Balaban J connectivity index is 1.28. The lowest BCUT2D eigenvalue weighted by molar-refractivity contribution is 0.142. The molecule has 3 unspecified atom stereocenters. The van der Waals surface area contributed by atoms with Crippen molar-refractivity contribution in [1.29, 1.82) is 0 Å². The third-order valence-electron chi connectivity index (χ3n) is 10.1. The molecule has 1 fully saturated rings. The number of nitrogens with zero attached hydrogens (tertiary/aromatic N) is 2. The summed E-state index contributed by atoms with van der Waals surface area (Å²) in [4.78, 5) is 7.65. The van der Waals surface area contributed by atoms with Gasteiger partial charge in [-0.3, -0.25) is 0 Å². The minimum absolute atomic E-state index is 0.183. The Bertz CT molecular complexity index is 1730. The molecule has 8 rings (SSSR count). The lowest BCUT2D eigenvalue weighted by Crippen LogP contribution is -2.57. The molecule has 0 aromatic heterocycles. The topological polar surface area (TPSA) is 18.5 Å². The normalized spacial score (nSPS) is 21.7. The second-order valence-electron chi connectivity index (χ2n) is 12.5. The van der Waals surface area contributed by atoms with Gasteiger partial charge in [-0.05, 0) is 85.5 Å². The summed E-state index contributed by atoms with van der Waals surface area (Å²) in [5.41, 5.74) is 9.17. The van der Waals surface area contributed by atoms with Gasteiger partial charge in [0.25, 0.3) is 0 Å². The van der Waals surface area contributed by atoms with Crippen molar-refractivity contribution in [3.05, 3.63) is 133 Å². The molecule has 1 N–H and O–H groups in total. The third-order valence-corrected chi connectivity index (χ3v) is 11.2. The molecule has 0 spiro atoms. The van der Waals surface area contributed by atoms with Crippen molar-refractivity contribution in [2.75, 3.05) is 15.1 Å². The molecule has 2 aliphatic heterocycles. The summed E-state index contributed by atoms with van der Waals surface area (Å²) < 4.78 is 0. The molecule has 3 aliphatic rings. The first-order chi connectivity index (χ1) is 21.8. The maximum Gasteiger partial charge on any atom is 0.108 e. The van der Waals surface area contributed by atoms with Crippen LogP contribution in [0.2, 0.25) is 0 Å².